The Labute approximate surface area is 188 Å². The number of ether oxygens (including phenoxy) is 1. The van der Waals surface area contributed by atoms with Crippen LogP contribution in [-0.2, 0) is 16.1 Å². The Morgan fingerprint density at radius 1 is 1.13 bits per heavy atom. The lowest BCUT2D eigenvalue weighted by molar-refractivity contribution is -0.143. The number of amides is 2. The molecule has 162 valence electrons. The highest BCUT2D eigenvalue weighted by Gasteiger charge is 2.29. The Bertz CT molecular complexity index is 873. The lowest BCUT2D eigenvalue weighted by Crippen LogP contribution is -2.50. The summed E-state index contributed by atoms with van der Waals surface area (Å²) in [6.45, 7) is 6.34. The van der Waals surface area contributed by atoms with Crippen LogP contribution in [0.1, 0.15) is 37.8 Å². The van der Waals surface area contributed by atoms with Gasteiger partial charge in [-0.05, 0) is 49.1 Å². The summed E-state index contributed by atoms with van der Waals surface area (Å²) in [6, 6.07) is 12.0. The fraction of sp³-hybridized carbons (Fsp3) is 0.391. The Morgan fingerprint density at radius 3 is 2.50 bits per heavy atom. The summed E-state index contributed by atoms with van der Waals surface area (Å²) in [7, 11) is 0. The highest BCUT2D eigenvalue weighted by molar-refractivity contribution is 6.35. The molecule has 0 aliphatic rings. The van der Waals surface area contributed by atoms with Crippen molar-refractivity contribution in [1.82, 2.24) is 10.2 Å². The van der Waals surface area contributed by atoms with Crippen LogP contribution in [0.4, 0.5) is 0 Å². The van der Waals surface area contributed by atoms with E-state index in [0.29, 0.717) is 34.3 Å². The van der Waals surface area contributed by atoms with Crippen molar-refractivity contribution in [2.75, 3.05) is 13.2 Å². The zero-order valence-corrected chi connectivity index (χ0v) is 19.1. The summed E-state index contributed by atoms with van der Waals surface area (Å²) in [5.74, 6) is 0.162. The highest BCUT2D eigenvalue weighted by atomic mass is 35.5. The van der Waals surface area contributed by atoms with E-state index >= 15 is 0 Å². The van der Waals surface area contributed by atoms with Crippen molar-refractivity contribution in [3.63, 3.8) is 0 Å². The number of para-hydroxylation sites is 1. The molecule has 1 atom stereocenters. The summed E-state index contributed by atoms with van der Waals surface area (Å²) in [4.78, 5) is 27.4. The van der Waals surface area contributed by atoms with Crippen LogP contribution in [0.2, 0.25) is 10.0 Å². The second-order valence-electron chi connectivity index (χ2n) is 7.03. The second-order valence-corrected chi connectivity index (χ2v) is 7.87. The number of nitrogens with one attached hydrogen (secondary N) is 1. The van der Waals surface area contributed by atoms with E-state index < -0.39 is 6.04 Å². The van der Waals surface area contributed by atoms with Gasteiger partial charge in [0, 0.05) is 23.1 Å². The molecule has 30 heavy (non-hydrogen) atoms. The van der Waals surface area contributed by atoms with Gasteiger partial charge in [0.25, 0.3) is 5.91 Å². The minimum absolute atomic E-state index is 0.173. The molecule has 0 saturated carbocycles. The molecule has 0 unspecified atom stereocenters. The van der Waals surface area contributed by atoms with Gasteiger partial charge in [0.05, 0.1) is 0 Å². The SMILES string of the molecule is CCCNC(=O)[C@H](CC)N(Cc1ccc(Cl)cc1Cl)C(=O)COc1ccccc1C. The van der Waals surface area contributed by atoms with Crippen LogP contribution in [0.25, 0.3) is 0 Å². The average molecular weight is 451 g/mol. The third kappa shape index (κ3) is 6.64. The first-order valence-corrected chi connectivity index (χ1v) is 10.8. The van der Waals surface area contributed by atoms with Gasteiger partial charge < -0.3 is 15.0 Å². The minimum Gasteiger partial charge on any atom is -0.484 e. The van der Waals surface area contributed by atoms with Gasteiger partial charge in [-0.2, -0.15) is 0 Å². The molecule has 2 aromatic carbocycles. The van der Waals surface area contributed by atoms with Crippen LogP contribution in [0.5, 0.6) is 5.75 Å². The Morgan fingerprint density at radius 2 is 1.87 bits per heavy atom. The predicted octanol–water partition coefficient (Wildman–Crippen LogP) is 5.01. The van der Waals surface area contributed by atoms with Gasteiger partial charge in [-0.1, -0.05) is 61.3 Å². The topological polar surface area (TPSA) is 58.6 Å². The number of rotatable bonds is 10. The van der Waals surface area contributed by atoms with Crippen LogP contribution >= 0.6 is 23.2 Å². The molecule has 0 radical (unpaired) electrons. The molecular weight excluding hydrogens is 423 g/mol. The quantitative estimate of drug-likeness (QED) is 0.552. The molecule has 0 spiro atoms. The van der Waals surface area contributed by atoms with E-state index in [9.17, 15) is 9.59 Å². The number of halogens is 2. The minimum atomic E-state index is -0.628. The summed E-state index contributed by atoms with van der Waals surface area (Å²) < 4.78 is 5.75. The third-order valence-corrected chi connectivity index (χ3v) is 5.32. The smallest absolute Gasteiger partial charge is 0.261 e. The van der Waals surface area contributed by atoms with Crippen molar-refractivity contribution < 1.29 is 14.3 Å². The van der Waals surface area contributed by atoms with Gasteiger partial charge in [-0.25, -0.2) is 0 Å². The van der Waals surface area contributed by atoms with Gasteiger partial charge in [0.2, 0.25) is 5.91 Å². The summed E-state index contributed by atoms with van der Waals surface area (Å²) >= 11 is 12.3. The standard InChI is InChI=1S/C23H28Cl2N2O3/c1-4-12-26-23(29)20(5-2)27(14-17-10-11-18(24)13-19(17)25)22(28)15-30-21-9-7-6-8-16(21)3/h6-11,13,20H,4-5,12,14-15H2,1-3H3,(H,26,29)/t20-/m0/s1. The van der Waals surface area contributed by atoms with Crippen molar-refractivity contribution in [3.8, 4) is 5.75 Å². The maximum absolute atomic E-state index is 13.1. The van der Waals surface area contributed by atoms with Crippen LogP contribution in [0.15, 0.2) is 42.5 Å². The first-order chi connectivity index (χ1) is 14.4. The van der Waals surface area contributed by atoms with E-state index in [1.165, 1.54) is 4.90 Å². The molecule has 0 bridgehead atoms. The fourth-order valence-electron chi connectivity index (χ4n) is 3.06. The summed E-state index contributed by atoms with van der Waals surface area (Å²) in [6.07, 6.45) is 1.28. The third-order valence-electron chi connectivity index (χ3n) is 4.74. The number of aryl methyl sites for hydroxylation is 1. The predicted molar refractivity (Wildman–Crippen MR) is 121 cm³/mol. The molecular formula is C23H28Cl2N2O3. The van der Waals surface area contributed by atoms with E-state index in [1.807, 2.05) is 45.0 Å². The van der Waals surface area contributed by atoms with E-state index in [2.05, 4.69) is 5.32 Å². The molecule has 0 heterocycles. The Hall–Kier alpha value is -2.24. The first kappa shape index (κ1) is 24.0. The summed E-state index contributed by atoms with van der Waals surface area (Å²) in [5, 5.41) is 3.84. The Balaban J connectivity index is 2.25. The van der Waals surface area contributed by atoms with E-state index in [0.717, 1.165) is 12.0 Å². The van der Waals surface area contributed by atoms with Crippen molar-refractivity contribution in [2.45, 2.75) is 46.2 Å². The number of benzene rings is 2. The van der Waals surface area contributed by atoms with Crippen LogP contribution in [0.3, 0.4) is 0 Å². The van der Waals surface area contributed by atoms with Crippen molar-refractivity contribution in [2.24, 2.45) is 0 Å². The largest absolute Gasteiger partial charge is 0.484 e. The monoisotopic (exact) mass is 450 g/mol. The highest BCUT2D eigenvalue weighted by Crippen LogP contribution is 2.24. The lowest BCUT2D eigenvalue weighted by atomic mass is 10.1. The molecule has 2 aromatic rings. The average Bonchev–Trinajstić information content (AvgIpc) is 2.72. The normalized spacial score (nSPS) is 11.6. The van der Waals surface area contributed by atoms with Gasteiger partial charge in [0.1, 0.15) is 11.8 Å². The van der Waals surface area contributed by atoms with E-state index in [4.69, 9.17) is 27.9 Å². The van der Waals surface area contributed by atoms with E-state index in [1.54, 1.807) is 18.2 Å². The van der Waals surface area contributed by atoms with Gasteiger partial charge >= 0.3 is 0 Å². The van der Waals surface area contributed by atoms with E-state index in [-0.39, 0.29) is 25.0 Å². The zero-order valence-electron chi connectivity index (χ0n) is 17.6. The Kier molecular flexibility index (Phi) is 9.47. The van der Waals surface area contributed by atoms with Crippen LogP contribution < -0.4 is 10.1 Å². The lowest BCUT2D eigenvalue weighted by Gasteiger charge is -2.31. The molecule has 0 aliphatic heterocycles. The molecule has 5 nitrogen and oxygen atoms in total. The molecule has 0 saturated heterocycles. The number of carbonyl (C=O) groups excluding carboxylic acids is 2. The maximum atomic E-state index is 13.1. The molecule has 2 rings (SSSR count). The fourth-order valence-corrected chi connectivity index (χ4v) is 3.53. The number of hydrogen-bond acceptors (Lipinski definition) is 3. The number of hydrogen-bond donors (Lipinski definition) is 1. The molecule has 1 N–H and O–H groups in total. The first-order valence-electron chi connectivity index (χ1n) is 10.1. The van der Waals surface area contributed by atoms with Crippen LogP contribution in [0, 0.1) is 6.92 Å². The van der Waals surface area contributed by atoms with Gasteiger partial charge in [-0.3, -0.25) is 9.59 Å². The van der Waals surface area contributed by atoms with Crippen LogP contribution in [-0.4, -0.2) is 35.9 Å². The van der Waals surface area contributed by atoms with Crippen molar-refractivity contribution >= 4 is 35.0 Å². The molecule has 0 fully saturated rings. The molecule has 0 aromatic heterocycles. The maximum Gasteiger partial charge on any atom is 0.261 e. The summed E-state index contributed by atoms with van der Waals surface area (Å²) in [5.41, 5.74) is 1.65. The van der Waals surface area contributed by atoms with Crippen molar-refractivity contribution in [3.05, 3.63) is 63.6 Å². The number of nitrogens with zero attached hydrogens (tertiary/aromatic N) is 1. The molecule has 0 aliphatic carbocycles. The number of carbonyl (C=O) groups is 2. The second kappa shape index (κ2) is 11.8. The molecule has 2 amide bonds. The molecule has 7 heteroatoms. The van der Waals surface area contributed by atoms with Gasteiger partial charge in [0.15, 0.2) is 6.61 Å². The zero-order chi connectivity index (χ0) is 22.1. The van der Waals surface area contributed by atoms with Gasteiger partial charge in [-0.15, -0.1) is 0 Å². The van der Waals surface area contributed by atoms with Crippen molar-refractivity contribution in [1.29, 1.82) is 0 Å².